The number of amidine groups is 1. The van der Waals surface area contributed by atoms with Gasteiger partial charge in [0.25, 0.3) is 5.91 Å². The minimum atomic E-state index is -0.511. The maximum Gasteiger partial charge on any atom is 0.293 e. The summed E-state index contributed by atoms with van der Waals surface area (Å²) in [6.07, 6.45) is 2.80. The largest absolute Gasteiger partial charge is 0.492 e. The van der Waals surface area contributed by atoms with Crippen LogP contribution in [0.1, 0.15) is 28.7 Å². The zero-order valence-electron chi connectivity index (χ0n) is 16.6. The number of benzene rings is 1. The minimum Gasteiger partial charge on any atom is -0.492 e. The Hall–Kier alpha value is -3.28. The van der Waals surface area contributed by atoms with Crippen molar-refractivity contribution in [2.75, 3.05) is 17.2 Å². The zero-order valence-corrected chi connectivity index (χ0v) is 18.2. The molecule has 0 fully saturated rings. The van der Waals surface area contributed by atoms with Gasteiger partial charge in [0, 0.05) is 6.04 Å². The van der Waals surface area contributed by atoms with Gasteiger partial charge in [-0.15, -0.1) is 0 Å². The predicted octanol–water partition coefficient (Wildman–Crippen LogP) is 2.89. The lowest BCUT2D eigenvalue weighted by atomic mass is 10.2. The van der Waals surface area contributed by atoms with Gasteiger partial charge in [0.1, 0.15) is 16.4 Å². The second-order valence-corrected chi connectivity index (χ2v) is 7.80. The topological polar surface area (TPSA) is 156 Å². The van der Waals surface area contributed by atoms with Crippen LogP contribution >= 0.6 is 23.1 Å². The van der Waals surface area contributed by atoms with Crippen molar-refractivity contribution in [2.24, 2.45) is 0 Å². The number of aliphatic hydroxyl groups is 1. The molecule has 1 atom stereocenters. The van der Waals surface area contributed by atoms with E-state index in [1.165, 1.54) is 12.4 Å². The number of nitrogens with zero attached hydrogens (tertiary/aromatic N) is 3. The summed E-state index contributed by atoms with van der Waals surface area (Å²) in [6, 6.07) is 4.91. The van der Waals surface area contributed by atoms with Gasteiger partial charge in [0.2, 0.25) is 11.7 Å². The number of aromatic nitrogens is 3. The number of hydrogen-bond donors (Lipinski definition) is 6. The molecule has 0 aliphatic carbocycles. The fourth-order valence-corrected chi connectivity index (χ4v) is 3.54. The number of nitrogens with one attached hydrogen (secondary N) is 4. The molecule has 2 aromatic heterocycles. The van der Waals surface area contributed by atoms with Crippen LogP contribution in [-0.4, -0.2) is 48.9 Å². The quantitative estimate of drug-likeness (QED) is 0.231. The van der Waals surface area contributed by atoms with E-state index in [0.29, 0.717) is 21.4 Å². The Kier molecular flexibility index (Phi) is 7.00. The second-order valence-electron chi connectivity index (χ2n) is 6.62. The van der Waals surface area contributed by atoms with Crippen molar-refractivity contribution in [3.63, 3.8) is 0 Å². The fourth-order valence-electron chi connectivity index (χ4n) is 2.56. The summed E-state index contributed by atoms with van der Waals surface area (Å²) < 4.78 is 3.85. The van der Waals surface area contributed by atoms with Gasteiger partial charge < -0.3 is 26.2 Å². The van der Waals surface area contributed by atoms with E-state index in [0.717, 1.165) is 17.1 Å². The summed E-state index contributed by atoms with van der Waals surface area (Å²) in [6.45, 7) is 3.35. The molecule has 3 rings (SSSR count). The van der Waals surface area contributed by atoms with Crippen LogP contribution in [-0.2, 0) is 0 Å². The smallest absolute Gasteiger partial charge is 0.293 e. The van der Waals surface area contributed by atoms with E-state index < -0.39 is 5.91 Å². The highest BCUT2D eigenvalue weighted by Crippen LogP contribution is 2.32. The van der Waals surface area contributed by atoms with Crippen LogP contribution in [0, 0.1) is 12.3 Å². The third-order valence-electron chi connectivity index (χ3n) is 4.16. The maximum atomic E-state index is 12.5. The molecule has 0 aliphatic rings. The second kappa shape index (κ2) is 9.69. The van der Waals surface area contributed by atoms with Crippen molar-refractivity contribution >= 4 is 51.3 Å². The third kappa shape index (κ3) is 5.26. The van der Waals surface area contributed by atoms with E-state index in [4.69, 9.17) is 22.1 Å². The lowest BCUT2D eigenvalue weighted by Gasteiger charge is -2.14. The van der Waals surface area contributed by atoms with Crippen molar-refractivity contribution < 1.29 is 15.0 Å². The van der Waals surface area contributed by atoms with E-state index in [1.807, 2.05) is 13.0 Å². The molecule has 0 bridgehead atoms. The van der Waals surface area contributed by atoms with Gasteiger partial charge in [-0.3, -0.25) is 10.2 Å². The Morgan fingerprint density at radius 1 is 1.32 bits per heavy atom. The summed E-state index contributed by atoms with van der Waals surface area (Å²) in [7, 11) is 0. The summed E-state index contributed by atoms with van der Waals surface area (Å²) in [5, 5.41) is 36.5. The summed E-state index contributed by atoms with van der Waals surface area (Å²) in [5.41, 5.74) is 1.89. The molecule has 0 spiro atoms. The van der Waals surface area contributed by atoms with Crippen molar-refractivity contribution in [3.8, 4) is 5.88 Å². The molecule has 12 heteroatoms. The number of carbonyl (C=O) groups is 1. The Morgan fingerprint density at radius 3 is 2.68 bits per heavy atom. The Balaban J connectivity index is 1.73. The van der Waals surface area contributed by atoms with Crippen molar-refractivity contribution in [1.29, 1.82) is 5.41 Å². The van der Waals surface area contributed by atoms with E-state index in [2.05, 4.69) is 30.3 Å². The van der Waals surface area contributed by atoms with Crippen LogP contribution in [0.2, 0.25) is 5.02 Å². The number of aliphatic hydroxyl groups excluding tert-OH is 1. The Labute approximate surface area is 187 Å². The number of amides is 1. The van der Waals surface area contributed by atoms with Gasteiger partial charge in [-0.25, -0.2) is 9.97 Å². The number of carbonyl (C=O) groups excluding carboxylic acids is 1. The van der Waals surface area contributed by atoms with Crippen LogP contribution in [0.15, 0.2) is 30.6 Å². The lowest BCUT2D eigenvalue weighted by molar-refractivity contribution is 0.101. The van der Waals surface area contributed by atoms with E-state index in [1.54, 1.807) is 19.1 Å². The molecule has 0 aliphatic heterocycles. The molecular weight excluding hydrogens is 442 g/mol. The predicted molar refractivity (Wildman–Crippen MR) is 120 cm³/mol. The van der Waals surface area contributed by atoms with E-state index in [9.17, 15) is 9.90 Å². The number of halogens is 1. The van der Waals surface area contributed by atoms with Gasteiger partial charge in [-0.05, 0) is 37.0 Å². The van der Waals surface area contributed by atoms with Crippen molar-refractivity contribution in [3.05, 3.63) is 52.6 Å². The highest BCUT2D eigenvalue weighted by Gasteiger charge is 2.20. The number of para-hydroxylation sites is 1. The van der Waals surface area contributed by atoms with Crippen LogP contribution in [0.5, 0.6) is 5.88 Å². The van der Waals surface area contributed by atoms with Gasteiger partial charge in [0.15, 0.2) is 0 Å². The Bertz CT molecular complexity index is 1080. The summed E-state index contributed by atoms with van der Waals surface area (Å²) >= 11 is 7.08. The molecule has 10 nitrogen and oxygen atoms in total. The van der Waals surface area contributed by atoms with Crippen LogP contribution in [0.4, 0.5) is 16.4 Å². The molecule has 0 radical (unpaired) electrons. The molecule has 3 aromatic rings. The van der Waals surface area contributed by atoms with Crippen molar-refractivity contribution in [1.82, 2.24) is 19.7 Å². The molecule has 0 saturated heterocycles. The monoisotopic (exact) mass is 461 g/mol. The Morgan fingerprint density at radius 2 is 2.03 bits per heavy atom. The molecule has 2 heterocycles. The van der Waals surface area contributed by atoms with Gasteiger partial charge in [-0.2, -0.15) is 4.37 Å². The first-order chi connectivity index (χ1) is 14.8. The van der Waals surface area contributed by atoms with Crippen LogP contribution in [0.3, 0.4) is 0 Å². The molecule has 162 valence electrons. The number of rotatable bonds is 7. The first kappa shape index (κ1) is 22.4. The van der Waals surface area contributed by atoms with Gasteiger partial charge in [0.05, 0.1) is 35.4 Å². The SMILES string of the molecule is Cc1cccc(Cl)c1NC(=O)c1ncc(Nc2snc(O)c2C(=N)NC(C)CO)cn1. The molecule has 31 heavy (non-hydrogen) atoms. The highest BCUT2D eigenvalue weighted by atomic mass is 35.5. The number of hydrogen-bond acceptors (Lipinski definition) is 9. The van der Waals surface area contributed by atoms with Gasteiger partial charge in [-0.1, -0.05) is 23.7 Å². The first-order valence-electron chi connectivity index (χ1n) is 9.10. The molecule has 1 unspecified atom stereocenters. The normalized spacial score (nSPS) is 11.6. The van der Waals surface area contributed by atoms with Crippen molar-refractivity contribution in [2.45, 2.75) is 19.9 Å². The highest BCUT2D eigenvalue weighted by molar-refractivity contribution is 7.11. The summed E-state index contributed by atoms with van der Waals surface area (Å²) in [4.78, 5) is 20.6. The molecule has 6 N–H and O–H groups in total. The fraction of sp³-hybridized carbons (Fsp3) is 0.211. The van der Waals surface area contributed by atoms with Crippen LogP contribution < -0.4 is 16.0 Å². The molecule has 1 aromatic carbocycles. The van der Waals surface area contributed by atoms with Gasteiger partial charge >= 0.3 is 0 Å². The maximum absolute atomic E-state index is 12.5. The minimum absolute atomic E-state index is 0.0524. The average Bonchev–Trinajstić information content (AvgIpc) is 3.11. The van der Waals surface area contributed by atoms with E-state index >= 15 is 0 Å². The average molecular weight is 462 g/mol. The molecular formula is C19H20ClN7O3S. The third-order valence-corrected chi connectivity index (χ3v) is 5.23. The number of aryl methyl sites for hydroxylation is 1. The van der Waals surface area contributed by atoms with Crippen LogP contribution in [0.25, 0.3) is 0 Å². The molecule has 1 amide bonds. The van der Waals surface area contributed by atoms with E-state index in [-0.39, 0.29) is 35.8 Å². The number of anilines is 3. The molecule has 0 saturated carbocycles. The lowest BCUT2D eigenvalue weighted by Crippen LogP contribution is -2.35. The number of aromatic hydroxyl groups is 1. The summed E-state index contributed by atoms with van der Waals surface area (Å²) in [5.74, 6) is -0.976. The standard InChI is InChI=1S/C19H20ClN7O3S/c1-9-4-3-5-12(20)14(9)26-18(30)16-22-6-11(7-23-16)25-19-13(17(29)27-31-19)15(21)24-10(2)8-28/h3-7,10,25,28H,8H2,1-2H3,(H2,21,24)(H,26,30)(H,27,29). The first-order valence-corrected chi connectivity index (χ1v) is 10.3. The zero-order chi connectivity index (χ0) is 22.5.